The maximum Gasteiger partial charge on any atom is 0.474 e. The molecule has 0 bridgehead atoms. The Balaban J connectivity index is 2.41. The fourth-order valence-corrected chi connectivity index (χ4v) is 2.81. The summed E-state index contributed by atoms with van der Waals surface area (Å²) in [5, 5.41) is 0. The number of hydrogen-bond acceptors (Lipinski definition) is 3. The van der Waals surface area contributed by atoms with Crippen molar-refractivity contribution < 1.29 is 18.5 Å². The molecule has 0 radical (unpaired) electrons. The predicted octanol–water partition coefficient (Wildman–Crippen LogP) is 1.94. The highest BCUT2D eigenvalue weighted by atomic mass is 31.2. The fourth-order valence-electron chi connectivity index (χ4n) is 1.62. The number of rotatable bonds is 1. The zero-order chi connectivity index (χ0) is 10.2. The zero-order valence-corrected chi connectivity index (χ0v) is 8.56. The molecule has 1 aliphatic heterocycles. The van der Waals surface area contributed by atoms with Gasteiger partial charge in [-0.15, -0.1) is 0 Å². The molecule has 5 heteroatoms. The molecule has 0 amide bonds. The van der Waals surface area contributed by atoms with Crippen LogP contribution in [0.5, 0.6) is 0 Å². The molecular formula is C9H11O4P. The van der Waals surface area contributed by atoms with E-state index in [9.17, 15) is 9.46 Å². The van der Waals surface area contributed by atoms with Crippen molar-refractivity contribution in [1.29, 1.82) is 0 Å². The van der Waals surface area contributed by atoms with Crippen molar-refractivity contribution in [1.82, 2.24) is 0 Å². The van der Waals surface area contributed by atoms with Crippen molar-refractivity contribution in [3.05, 3.63) is 36.5 Å². The Labute approximate surface area is 82.1 Å². The van der Waals surface area contributed by atoms with Crippen LogP contribution in [0.25, 0.3) is 0 Å². The van der Waals surface area contributed by atoms with E-state index in [1.165, 1.54) is 0 Å². The smallest absolute Gasteiger partial charge is 0.302 e. The van der Waals surface area contributed by atoms with Crippen LogP contribution in [0, 0.1) is 0 Å². The zero-order valence-electron chi connectivity index (χ0n) is 7.66. The Bertz CT molecular complexity index is 371. The molecule has 1 saturated heterocycles. The van der Waals surface area contributed by atoms with Crippen molar-refractivity contribution in [3.8, 4) is 0 Å². The summed E-state index contributed by atoms with van der Waals surface area (Å²) in [6.45, 7) is 1.82. The van der Waals surface area contributed by atoms with Crippen molar-refractivity contribution in [2.24, 2.45) is 0 Å². The van der Waals surface area contributed by atoms with E-state index in [4.69, 9.17) is 9.05 Å². The van der Waals surface area contributed by atoms with Crippen molar-refractivity contribution in [2.45, 2.75) is 18.6 Å². The van der Waals surface area contributed by atoms with Gasteiger partial charge in [0.05, 0.1) is 0 Å². The van der Waals surface area contributed by atoms with Crippen LogP contribution in [-0.2, 0) is 13.6 Å². The molecule has 2 rings (SSSR count). The molecule has 3 atom stereocenters. The minimum Gasteiger partial charge on any atom is -0.302 e. The van der Waals surface area contributed by atoms with Crippen LogP contribution in [0.2, 0.25) is 0 Å². The minimum absolute atomic E-state index is 0.514. The number of phosphoric ester groups is 1. The molecule has 1 N–H and O–H groups in total. The van der Waals surface area contributed by atoms with Gasteiger partial charge in [-0.3, -0.25) is 9.05 Å². The quantitative estimate of drug-likeness (QED) is 0.535. The van der Waals surface area contributed by atoms with Crippen LogP contribution in [0.1, 0.15) is 6.92 Å². The highest BCUT2D eigenvalue weighted by molar-refractivity contribution is 7.47. The van der Waals surface area contributed by atoms with Crippen LogP contribution < -0.4 is 0 Å². The first kappa shape index (κ1) is 9.87. The van der Waals surface area contributed by atoms with Crippen molar-refractivity contribution in [2.75, 3.05) is 0 Å². The summed E-state index contributed by atoms with van der Waals surface area (Å²) in [6.07, 6.45) is 9.92. The highest BCUT2D eigenvalue weighted by Gasteiger charge is 2.52. The third-order valence-electron chi connectivity index (χ3n) is 2.15. The van der Waals surface area contributed by atoms with E-state index in [1.807, 2.05) is 6.92 Å². The van der Waals surface area contributed by atoms with E-state index in [-0.39, 0.29) is 0 Å². The summed E-state index contributed by atoms with van der Waals surface area (Å²) in [5.41, 5.74) is -0.909. The Kier molecular flexibility index (Phi) is 2.24. The van der Waals surface area contributed by atoms with Crippen molar-refractivity contribution >= 4 is 7.82 Å². The van der Waals surface area contributed by atoms with Gasteiger partial charge >= 0.3 is 7.82 Å². The highest BCUT2D eigenvalue weighted by Crippen LogP contribution is 2.58. The molecule has 0 spiro atoms. The molecule has 76 valence electrons. The minimum atomic E-state index is -3.90. The van der Waals surface area contributed by atoms with Gasteiger partial charge in [-0.1, -0.05) is 24.3 Å². The summed E-state index contributed by atoms with van der Waals surface area (Å²) in [4.78, 5) is 9.23. The average molecular weight is 214 g/mol. The predicted molar refractivity (Wildman–Crippen MR) is 51.6 cm³/mol. The Hall–Kier alpha value is -0.670. The number of allylic oxidation sites excluding steroid dienone is 3. The Morgan fingerprint density at radius 1 is 1.57 bits per heavy atom. The second-order valence-corrected chi connectivity index (χ2v) is 4.51. The Morgan fingerprint density at radius 3 is 3.07 bits per heavy atom. The maximum atomic E-state index is 11.3. The van der Waals surface area contributed by atoms with Gasteiger partial charge in [0.2, 0.25) is 0 Å². The van der Waals surface area contributed by atoms with Gasteiger partial charge in [0, 0.05) is 0 Å². The lowest BCUT2D eigenvalue weighted by Crippen LogP contribution is -2.35. The third kappa shape index (κ3) is 1.51. The lowest BCUT2D eigenvalue weighted by atomic mass is 9.92. The standard InChI is InChI=1S/C9H11O4P/c1-2-6-9-7-4-3-5-8(9)12-14(10,11)13-9/h2-8H,1H3,(H,10,11). The van der Waals surface area contributed by atoms with Gasteiger partial charge in [-0.25, -0.2) is 4.57 Å². The van der Waals surface area contributed by atoms with Crippen LogP contribution in [-0.4, -0.2) is 16.6 Å². The van der Waals surface area contributed by atoms with Gasteiger partial charge in [-0.2, -0.15) is 0 Å². The lowest BCUT2D eigenvalue weighted by molar-refractivity contribution is 0.156. The molecule has 0 aromatic heterocycles. The molecular weight excluding hydrogens is 203 g/mol. The molecule has 1 aliphatic carbocycles. The Morgan fingerprint density at radius 2 is 2.36 bits per heavy atom. The number of phosphoric acid groups is 1. The van der Waals surface area contributed by atoms with Gasteiger partial charge in [0.1, 0.15) is 11.7 Å². The van der Waals surface area contributed by atoms with Crippen LogP contribution in [0.3, 0.4) is 0 Å². The SMILES string of the molecule is CC=CC12C=CC=CC1OP(=O)(O)O2. The largest absolute Gasteiger partial charge is 0.474 e. The fraction of sp³-hybridized carbons (Fsp3) is 0.333. The molecule has 14 heavy (non-hydrogen) atoms. The van der Waals surface area contributed by atoms with Crippen molar-refractivity contribution in [3.63, 3.8) is 0 Å². The lowest BCUT2D eigenvalue weighted by Gasteiger charge is -2.24. The van der Waals surface area contributed by atoms with E-state index in [0.29, 0.717) is 0 Å². The molecule has 0 aromatic carbocycles. The van der Waals surface area contributed by atoms with E-state index >= 15 is 0 Å². The van der Waals surface area contributed by atoms with E-state index in [0.717, 1.165) is 0 Å². The number of fused-ring (bicyclic) bond motifs is 1. The van der Waals surface area contributed by atoms with Crippen LogP contribution >= 0.6 is 7.82 Å². The van der Waals surface area contributed by atoms with Gasteiger partial charge in [0.15, 0.2) is 0 Å². The second-order valence-electron chi connectivity index (χ2n) is 3.18. The first-order valence-electron chi connectivity index (χ1n) is 4.30. The summed E-state index contributed by atoms with van der Waals surface area (Å²) < 4.78 is 21.2. The molecule has 0 saturated carbocycles. The molecule has 2 aliphatic rings. The maximum absolute atomic E-state index is 11.3. The van der Waals surface area contributed by atoms with E-state index in [1.54, 1.807) is 36.5 Å². The van der Waals surface area contributed by atoms with E-state index < -0.39 is 19.5 Å². The summed E-state index contributed by atoms with van der Waals surface area (Å²) in [7, 11) is -3.90. The molecule has 0 aromatic rings. The monoisotopic (exact) mass is 214 g/mol. The normalized spacial score (nSPS) is 46.0. The van der Waals surface area contributed by atoms with Gasteiger partial charge < -0.3 is 4.89 Å². The second kappa shape index (κ2) is 3.17. The summed E-state index contributed by atoms with van der Waals surface area (Å²) in [6, 6.07) is 0. The van der Waals surface area contributed by atoms with Gasteiger partial charge in [-0.05, 0) is 19.1 Å². The molecule has 1 fully saturated rings. The first-order chi connectivity index (χ1) is 6.58. The first-order valence-corrected chi connectivity index (χ1v) is 5.79. The molecule has 3 unspecified atom stereocenters. The summed E-state index contributed by atoms with van der Waals surface area (Å²) in [5.74, 6) is 0. The average Bonchev–Trinajstić information content (AvgIpc) is 2.35. The molecule has 1 heterocycles. The topological polar surface area (TPSA) is 55.8 Å². The van der Waals surface area contributed by atoms with Crippen LogP contribution in [0.15, 0.2) is 36.5 Å². The van der Waals surface area contributed by atoms with E-state index in [2.05, 4.69) is 0 Å². The third-order valence-corrected chi connectivity index (χ3v) is 3.19. The van der Waals surface area contributed by atoms with Crippen LogP contribution in [0.4, 0.5) is 0 Å². The molecule has 4 nitrogen and oxygen atoms in total. The summed E-state index contributed by atoms with van der Waals surface area (Å²) >= 11 is 0. The van der Waals surface area contributed by atoms with Gasteiger partial charge in [0.25, 0.3) is 0 Å². The number of hydrogen-bond donors (Lipinski definition) is 1.